The molecule has 1 aromatic carbocycles. The number of nitrogens with zero attached hydrogens (tertiary/aromatic N) is 3. The van der Waals surface area contributed by atoms with Gasteiger partial charge in [0.15, 0.2) is 18.1 Å². The molecule has 49 heavy (non-hydrogen) atoms. The molecule has 3 aliphatic rings. The Morgan fingerprint density at radius 1 is 1.08 bits per heavy atom. The molecular weight excluding hydrogens is 620 g/mol. The third-order valence-corrected chi connectivity index (χ3v) is 9.84. The van der Waals surface area contributed by atoms with Crippen LogP contribution in [-0.2, 0) is 40.2 Å². The van der Waals surface area contributed by atoms with Gasteiger partial charge in [-0.25, -0.2) is 9.97 Å². The molecule has 0 spiro atoms. The maximum Gasteiger partial charge on any atom is 0.257 e. The van der Waals surface area contributed by atoms with Crippen molar-refractivity contribution in [3.8, 4) is 11.5 Å². The van der Waals surface area contributed by atoms with Crippen LogP contribution in [-0.4, -0.2) is 79.0 Å². The number of carbonyl (C=O) groups is 3. The van der Waals surface area contributed by atoms with Crippen LogP contribution in [0.25, 0.3) is 0 Å². The number of benzene rings is 1. The zero-order valence-corrected chi connectivity index (χ0v) is 29.8. The van der Waals surface area contributed by atoms with Gasteiger partial charge >= 0.3 is 0 Å². The van der Waals surface area contributed by atoms with E-state index in [0.717, 1.165) is 62.0 Å². The smallest absolute Gasteiger partial charge is 0.257 e. The van der Waals surface area contributed by atoms with Gasteiger partial charge in [0.25, 0.3) is 5.91 Å². The summed E-state index contributed by atoms with van der Waals surface area (Å²) in [5.41, 5.74) is 4.49. The van der Waals surface area contributed by atoms with E-state index in [0.29, 0.717) is 68.6 Å². The minimum atomic E-state index is -0.912. The molecule has 1 unspecified atom stereocenters. The predicted molar refractivity (Wildman–Crippen MR) is 188 cm³/mol. The number of hydrogen-bond donors (Lipinski definition) is 3. The Hall–Kier alpha value is -3.99. The fourth-order valence-corrected chi connectivity index (χ4v) is 6.91. The molecule has 1 atom stereocenters. The van der Waals surface area contributed by atoms with Crippen LogP contribution < -0.4 is 25.4 Å². The summed E-state index contributed by atoms with van der Waals surface area (Å²) in [6, 6.07) is 5.59. The summed E-state index contributed by atoms with van der Waals surface area (Å²) in [7, 11) is 1.56. The number of carbonyl (C=O) groups excluding carboxylic acids is 3. The zero-order valence-electron chi connectivity index (χ0n) is 29.8. The third-order valence-electron chi connectivity index (χ3n) is 9.84. The van der Waals surface area contributed by atoms with Gasteiger partial charge in [-0.05, 0) is 101 Å². The highest BCUT2D eigenvalue weighted by atomic mass is 16.5. The Bertz CT molecular complexity index is 1520. The van der Waals surface area contributed by atoms with Crippen molar-refractivity contribution in [3.63, 3.8) is 0 Å². The molecule has 2 bridgehead atoms. The van der Waals surface area contributed by atoms with Crippen LogP contribution in [0.1, 0.15) is 87.1 Å². The number of nitrogens with one attached hydrogen (secondary N) is 3. The Labute approximate surface area is 291 Å². The average molecular weight is 675 g/mol. The summed E-state index contributed by atoms with van der Waals surface area (Å²) < 4.78 is 11.5. The minimum Gasteiger partial charge on any atom is -0.493 e. The van der Waals surface area contributed by atoms with E-state index in [9.17, 15) is 14.4 Å². The van der Waals surface area contributed by atoms with E-state index in [2.05, 4.69) is 40.8 Å². The number of ether oxygens (including phenoxy) is 2. The second kappa shape index (κ2) is 17.1. The molecular formula is C38H54N6O5. The Morgan fingerprint density at radius 2 is 1.90 bits per heavy atom. The molecule has 2 heterocycles. The van der Waals surface area contributed by atoms with Gasteiger partial charge in [0.05, 0.1) is 19.1 Å². The number of aromatic nitrogens is 2. The van der Waals surface area contributed by atoms with Gasteiger partial charge in [-0.2, -0.15) is 0 Å². The fourth-order valence-electron chi connectivity index (χ4n) is 6.91. The molecule has 266 valence electrons. The molecule has 1 aliphatic heterocycles. The summed E-state index contributed by atoms with van der Waals surface area (Å²) in [4.78, 5) is 52.4. The molecule has 3 N–H and O–H groups in total. The maximum atomic E-state index is 14.5. The van der Waals surface area contributed by atoms with Gasteiger partial charge in [-0.15, -0.1) is 0 Å². The molecule has 1 fully saturated rings. The fraction of sp³-hybridized carbons (Fsp3) is 0.605. The summed E-state index contributed by atoms with van der Waals surface area (Å²) in [5, 5.41) is 9.31. The first-order valence-electron chi connectivity index (χ1n) is 18.0. The summed E-state index contributed by atoms with van der Waals surface area (Å²) >= 11 is 0. The number of rotatable bonds is 8. The van der Waals surface area contributed by atoms with Crippen molar-refractivity contribution in [3.05, 3.63) is 58.2 Å². The zero-order chi connectivity index (χ0) is 34.8. The molecule has 0 radical (unpaired) electrons. The van der Waals surface area contributed by atoms with E-state index in [4.69, 9.17) is 19.4 Å². The lowest BCUT2D eigenvalue weighted by atomic mass is 9.75. The summed E-state index contributed by atoms with van der Waals surface area (Å²) in [6.45, 7) is 8.98. The summed E-state index contributed by atoms with van der Waals surface area (Å²) in [6.07, 6.45) is 10.5. The van der Waals surface area contributed by atoms with Gasteiger partial charge in [-0.1, -0.05) is 30.6 Å². The standard InChI is InChI=1S/C38H54N6O5/c1-26(2)15-18-44-17-7-10-35(45)41-25-38(21-28-11-12-28,37(47)40-23-34-42-27(3)30-8-5-6-9-31(30)43-34)22-29-13-14-32(48-4)33(20-29)49-24-36(46)39-16-19-44/h13-15,20,28H,5-12,16-19,21-25H2,1-4H3,(H,39,46)(H,40,47)(H,41,45). The van der Waals surface area contributed by atoms with Gasteiger partial charge in [-0.3, -0.25) is 19.3 Å². The van der Waals surface area contributed by atoms with Gasteiger partial charge < -0.3 is 25.4 Å². The number of amides is 3. The third kappa shape index (κ3) is 10.5. The van der Waals surface area contributed by atoms with Crippen molar-refractivity contribution in [1.82, 2.24) is 30.8 Å². The Balaban J connectivity index is 1.41. The lowest BCUT2D eigenvalue weighted by Crippen LogP contribution is -2.50. The van der Waals surface area contributed by atoms with E-state index in [1.165, 1.54) is 11.1 Å². The normalized spacial score (nSPS) is 21.1. The second-order valence-corrected chi connectivity index (χ2v) is 14.2. The van der Waals surface area contributed by atoms with E-state index < -0.39 is 5.41 Å². The quantitative estimate of drug-likeness (QED) is 0.358. The monoisotopic (exact) mass is 674 g/mol. The maximum absolute atomic E-state index is 14.5. The van der Waals surface area contributed by atoms with Crippen molar-refractivity contribution >= 4 is 17.7 Å². The second-order valence-electron chi connectivity index (χ2n) is 14.2. The first-order valence-corrected chi connectivity index (χ1v) is 18.0. The number of allylic oxidation sites excluding steroid dienone is 1. The van der Waals surface area contributed by atoms with Crippen molar-refractivity contribution < 1.29 is 23.9 Å². The van der Waals surface area contributed by atoms with Crippen molar-refractivity contribution in [2.24, 2.45) is 11.3 Å². The van der Waals surface area contributed by atoms with Crippen molar-refractivity contribution in [2.45, 2.75) is 91.5 Å². The topological polar surface area (TPSA) is 135 Å². The predicted octanol–water partition coefficient (Wildman–Crippen LogP) is 3.99. The van der Waals surface area contributed by atoms with Crippen molar-refractivity contribution in [2.75, 3.05) is 46.4 Å². The SMILES string of the molecule is COc1ccc2cc1OCC(=O)NCCN(CC=C(C)C)CCCC(=O)NCC(CC1CC1)(C(=O)NCc1nc(C)c3c(n1)CCCC3)C2. The van der Waals surface area contributed by atoms with Crippen LogP contribution >= 0.6 is 0 Å². The van der Waals surface area contributed by atoms with E-state index >= 15 is 0 Å². The Morgan fingerprint density at radius 3 is 2.67 bits per heavy atom. The first-order chi connectivity index (χ1) is 23.6. The van der Waals surface area contributed by atoms with E-state index in [1.807, 2.05) is 25.1 Å². The van der Waals surface area contributed by atoms with Crippen LogP contribution in [0, 0.1) is 18.3 Å². The molecule has 11 heteroatoms. The van der Waals surface area contributed by atoms with Gasteiger partial charge in [0.1, 0.15) is 5.82 Å². The number of fused-ring (bicyclic) bond motifs is 3. The number of aryl methyl sites for hydroxylation is 2. The van der Waals surface area contributed by atoms with E-state index in [-0.39, 0.29) is 37.4 Å². The van der Waals surface area contributed by atoms with Gasteiger partial charge in [0, 0.05) is 44.0 Å². The highest BCUT2D eigenvalue weighted by Crippen LogP contribution is 2.43. The molecule has 3 amide bonds. The van der Waals surface area contributed by atoms with Crippen LogP contribution in [0.2, 0.25) is 0 Å². The number of methoxy groups -OCH3 is 1. The molecule has 1 saturated carbocycles. The molecule has 2 aliphatic carbocycles. The van der Waals surface area contributed by atoms with E-state index in [1.54, 1.807) is 7.11 Å². The minimum absolute atomic E-state index is 0.0723. The summed E-state index contributed by atoms with van der Waals surface area (Å²) in [5.74, 6) is 1.54. The highest BCUT2D eigenvalue weighted by Gasteiger charge is 2.43. The molecule has 1 aromatic heterocycles. The lowest BCUT2D eigenvalue weighted by Gasteiger charge is -2.33. The molecule has 11 nitrogen and oxygen atoms in total. The van der Waals surface area contributed by atoms with Crippen molar-refractivity contribution in [1.29, 1.82) is 0 Å². The highest BCUT2D eigenvalue weighted by molar-refractivity contribution is 5.84. The molecule has 0 saturated heterocycles. The molecule has 2 aromatic rings. The Kier molecular flexibility index (Phi) is 12.7. The number of hydrogen-bond acceptors (Lipinski definition) is 8. The van der Waals surface area contributed by atoms with Crippen LogP contribution in [0.4, 0.5) is 0 Å². The molecule has 5 rings (SSSR count). The van der Waals surface area contributed by atoms with Crippen LogP contribution in [0.15, 0.2) is 29.8 Å². The average Bonchev–Trinajstić information content (AvgIpc) is 3.91. The van der Waals surface area contributed by atoms with Crippen LogP contribution in [0.3, 0.4) is 0 Å². The van der Waals surface area contributed by atoms with Crippen LogP contribution in [0.5, 0.6) is 11.5 Å². The first kappa shape index (κ1) is 36.3. The largest absolute Gasteiger partial charge is 0.493 e. The van der Waals surface area contributed by atoms with Gasteiger partial charge in [0.2, 0.25) is 11.8 Å². The lowest BCUT2D eigenvalue weighted by molar-refractivity contribution is -0.132.